The Kier molecular flexibility index (Phi) is 3.30. The molecule has 84 valence electrons. The van der Waals surface area contributed by atoms with E-state index < -0.39 is 18.7 Å². The number of nitrogens with one attached hydrogen (secondary N) is 1. The van der Waals surface area contributed by atoms with Crippen LogP contribution in [0.5, 0.6) is 0 Å². The number of nitrogens with zero attached hydrogens (tertiary/aromatic N) is 1. The molecule has 0 aliphatic carbocycles. The number of hydrogen-bond acceptors (Lipinski definition) is 4. The lowest BCUT2D eigenvalue weighted by molar-refractivity contribution is -0.184. The zero-order chi connectivity index (χ0) is 11.5. The molecule has 0 aromatic carbocycles. The molecule has 8 heteroatoms. The highest BCUT2D eigenvalue weighted by Gasteiger charge is 2.28. The predicted molar refractivity (Wildman–Crippen MR) is 40.7 cm³/mol. The molecule has 1 amide bonds. The first-order chi connectivity index (χ1) is 6.90. The maximum atomic E-state index is 11.6. The van der Waals surface area contributed by atoms with Crippen LogP contribution in [0.25, 0.3) is 0 Å². The fourth-order valence-electron chi connectivity index (χ4n) is 0.739. The summed E-state index contributed by atoms with van der Waals surface area (Å²) < 4.78 is 39.3. The van der Waals surface area contributed by atoms with Gasteiger partial charge in [-0.2, -0.15) is 13.2 Å². The van der Waals surface area contributed by atoms with Gasteiger partial charge in [-0.1, -0.05) is 5.16 Å². The standard InChI is InChI=1S/C7H7F3N2O3/c1-4-2-11-15-5(4)6(13)12-14-3-7(8,9)10/h2H,3H2,1H3,(H,12,13). The molecule has 0 saturated heterocycles. The van der Waals surface area contributed by atoms with Crippen LogP contribution in [0.3, 0.4) is 0 Å². The van der Waals surface area contributed by atoms with Crippen molar-refractivity contribution in [3.63, 3.8) is 0 Å². The van der Waals surface area contributed by atoms with Crippen LogP contribution in [0.1, 0.15) is 16.1 Å². The highest BCUT2D eigenvalue weighted by molar-refractivity contribution is 5.91. The fraction of sp³-hybridized carbons (Fsp3) is 0.429. The summed E-state index contributed by atoms with van der Waals surface area (Å²) in [5.41, 5.74) is 2.00. The van der Waals surface area contributed by atoms with Gasteiger partial charge in [0.25, 0.3) is 0 Å². The van der Waals surface area contributed by atoms with Crippen molar-refractivity contribution < 1.29 is 27.3 Å². The van der Waals surface area contributed by atoms with E-state index in [0.717, 1.165) is 0 Å². The molecule has 0 unspecified atom stereocenters. The summed E-state index contributed by atoms with van der Waals surface area (Å²) in [6.07, 6.45) is -3.23. The zero-order valence-corrected chi connectivity index (χ0v) is 7.59. The topological polar surface area (TPSA) is 64.4 Å². The molecular formula is C7H7F3N2O3. The lowest BCUT2D eigenvalue weighted by Crippen LogP contribution is -2.29. The van der Waals surface area contributed by atoms with Gasteiger partial charge in [0.05, 0.1) is 6.20 Å². The van der Waals surface area contributed by atoms with Crippen molar-refractivity contribution >= 4 is 5.91 Å². The van der Waals surface area contributed by atoms with Crippen LogP contribution < -0.4 is 5.48 Å². The van der Waals surface area contributed by atoms with Gasteiger partial charge in [0.15, 0.2) is 6.61 Å². The van der Waals surface area contributed by atoms with E-state index in [1.165, 1.54) is 13.1 Å². The molecule has 0 saturated carbocycles. The summed E-state index contributed by atoms with van der Waals surface area (Å²) in [6, 6.07) is 0. The largest absolute Gasteiger partial charge is 0.414 e. The smallest absolute Gasteiger partial charge is 0.351 e. The number of halogens is 3. The number of aryl methyl sites for hydroxylation is 1. The maximum Gasteiger partial charge on any atom is 0.414 e. The third kappa shape index (κ3) is 3.58. The molecule has 1 N–H and O–H groups in total. The van der Waals surface area contributed by atoms with Gasteiger partial charge in [-0.15, -0.1) is 0 Å². The number of hydrogen-bond donors (Lipinski definition) is 1. The highest BCUT2D eigenvalue weighted by atomic mass is 19.4. The molecule has 0 radical (unpaired) electrons. The first-order valence-electron chi connectivity index (χ1n) is 3.80. The summed E-state index contributed by atoms with van der Waals surface area (Å²) in [5, 5.41) is 3.29. The average Bonchev–Trinajstić information content (AvgIpc) is 2.48. The molecule has 1 aromatic rings. The van der Waals surface area contributed by atoms with E-state index in [4.69, 9.17) is 0 Å². The van der Waals surface area contributed by atoms with Crippen molar-refractivity contribution in [2.75, 3.05) is 6.61 Å². The van der Waals surface area contributed by atoms with E-state index in [1.54, 1.807) is 5.48 Å². The molecule has 0 atom stereocenters. The number of carbonyl (C=O) groups excluding carboxylic acids is 1. The normalized spacial score (nSPS) is 11.5. The predicted octanol–water partition coefficient (Wildman–Crippen LogP) is 1.21. The number of aromatic nitrogens is 1. The SMILES string of the molecule is Cc1cnoc1C(=O)NOCC(F)(F)F. The van der Waals surface area contributed by atoms with Crippen LogP contribution in [0.15, 0.2) is 10.7 Å². The van der Waals surface area contributed by atoms with Gasteiger partial charge in [-0.25, -0.2) is 5.48 Å². The fourth-order valence-corrected chi connectivity index (χ4v) is 0.739. The van der Waals surface area contributed by atoms with Crippen LogP contribution in [0.2, 0.25) is 0 Å². The van der Waals surface area contributed by atoms with Gasteiger partial charge in [0, 0.05) is 5.56 Å². The molecule has 1 rings (SSSR count). The minimum atomic E-state index is -4.50. The van der Waals surface area contributed by atoms with Crippen LogP contribution >= 0.6 is 0 Å². The molecule has 1 aromatic heterocycles. The Bertz CT molecular complexity index is 347. The number of amides is 1. The second-order valence-corrected chi connectivity index (χ2v) is 2.67. The van der Waals surface area contributed by atoms with Gasteiger partial charge in [0.1, 0.15) is 0 Å². The molecule has 0 aliphatic rings. The Morgan fingerprint density at radius 3 is 2.80 bits per heavy atom. The monoisotopic (exact) mass is 224 g/mol. The quantitative estimate of drug-likeness (QED) is 0.783. The number of hydroxylamine groups is 1. The lowest BCUT2D eigenvalue weighted by atomic mass is 10.3. The Labute approximate surface area is 82.1 Å². The Hall–Kier alpha value is -1.57. The second kappa shape index (κ2) is 4.30. The molecule has 1 heterocycles. The van der Waals surface area contributed by atoms with Gasteiger partial charge >= 0.3 is 12.1 Å². The van der Waals surface area contributed by atoms with E-state index >= 15 is 0 Å². The van der Waals surface area contributed by atoms with Crippen molar-refractivity contribution in [3.05, 3.63) is 17.5 Å². The minimum absolute atomic E-state index is 0.183. The summed E-state index contributed by atoms with van der Waals surface area (Å²) in [5.74, 6) is -1.09. The molecule has 0 spiro atoms. The van der Waals surface area contributed by atoms with Gasteiger partial charge < -0.3 is 4.52 Å². The molecule has 0 bridgehead atoms. The van der Waals surface area contributed by atoms with Gasteiger partial charge in [-0.3, -0.25) is 9.63 Å². The minimum Gasteiger partial charge on any atom is -0.351 e. The molecule has 0 fully saturated rings. The third-order valence-corrected chi connectivity index (χ3v) is 1.36. The van der Waals surface area contributed by atoms with E-state index in [9.17, 15) is 18.0 Å². The number of carbonyl (C=O) groups is 1. The highest BCUT2D eigenvalue weighted by Crippen LogP contribution is 2.13. The summed E-state index contributed by atoms with van der Waals surface area (Å²) in [7, 11) is 0. The second-order valence-electron chi connectivity index (χ2n) is 2.67. The van der Waals surface area contributed by atoms with Gasteiger partial charge in [0.2, 0.25) is 5.76 Å². The van der Waals surface area contributed by atoms with Crippen molar-refractivity contribution in [3.8, 4) is 0 Å². The van der Waals surface area contributed by atoms with Crippen molar-refractivity contribution in [1.82, 2.24) is 10.6 Å². The first-order valence-corrected chi connectivity index (χ1v) is 3.80. The lowest BCUT2D eigenvalue weighted by Gasteiger charge is -2.06. The van der Waals surface area contributed by atoms with Crippen molar-refractivity contribution in [1.29, 1.82) is 0 Å². The Morgan fingerprint density at radius 1 is 1.67 bits per heavy atom. The average molecular weight is 224 g/mol. The molecule has 0 aliphatic heterocycles. The Balaban J connectivity index is 2.41. The maximum absolute atomic E-state index is 11.6. The summed E-state index contributed by atoms with van der Waals surface area (Å²) in [4.78, 5) is 15.0. The van der Waals surface area contributed by atoms with E-state index in [0.29, 0.717) is 5.56 Å². The third-order valence-electron chi connectivity index (χ3n) is 1.36. The molecule has 5 nitrogen and oxygen atoms in total. The van der Waals surface area contributed by atoms with Gasteiger partial charge in [-0.05, 0) is 6.92 Å². The summed E-state index contributed by atoms with van der Waals surface area (Å²) in [6.45, 7) is -0.0406. The van der Waals surface area contributed by atoms with Crippen LogP contribution in [0, 0.1) is 6.92 Å². The zero-order valence-electron chi connectivity index (χ0n) is 7.59. The van der Waals surface area contributed by atoms with E-state index in [2.05, 4.69) is 14.5 Å². The summed E-state index contributed by atoms with van der Waals surface area (Å²) >= 11 is 0. The van der Waals surface area contributed by atoms with E-state index in [1.807, 2.05) is 0 Å². The molecule has 15 heavy (non-hydrogen) atoms. The van der Waals surface area contributed by atoms with Crippen molar-refractivity contribution in [2.24, 2.45) is 0 Å². The first kappa shape index (κ1) is 11.5. The van der Waals surface area contributed by atoms with Crippen LogP contribution in [-0.4, -0.2) is 23.8 Å². The molecular weight excluding hydrogens is 217 g/mol. The van der Waals surface area contributed by atoms with Crippen molar-refractivity contribution in [2.45, 2.75) is 13.1 Å². The van der Waals surface area contributed by atoms with Crippen LogP contribution in [0.4, 0.5) is 13.2 Å². The number of rotatable bonds is 3. The van der Waals surface area contributed by atoms with Crippen LogP contribution in [-0.2, 0) is 4.84 Å². The number of alkyl halides is 3. The Morgan fingerprint density at radius 2 is 2.33 bits per heavy atom. The van der Waals surface area contributed by atoms with E-state index in [-0.39, 0.29) is 5.76 Å².